The normalized spacial score (nSPS) is 10.5. The van der Waals surface area contributed by atoms with Crippen LogP contribution in [0, 0.1) is 17.0 Å². The summed E-state index contributed by atoms with van der Waals surface area (Å²) in [5.74, 6) is -0.792. The Morgan fingerprint density at radius 1 is 1.29 bits per heavy atom. The fourth-order valence-corrected chi connectivity index (χ4v) is 2.52. The van der Waals surface area contributed by atoms with E-state index in [0.717, 1.165) is 10.8 Å². The first-order valence-corrected chi connectivity index (χ1v) is 8.15. The second-order valence-corrected chi connectivity index (χ2v) is 5.93. The molecule has 0 aliphatic rings. The number of hydrogen-bond donors (Lipinski definition) is 2. The summed E-state index contributed by atoms with van der Waals surface area (Å²) in [6.45, 7) is 1.55. The number of nitro benzene ring substituents is 1. The molecule has 0 bridgehead atoms. The van der Waals surface area contributed by atoms with Crippen molar-refractivity contribution in [2.45, 2.75) is 13.5 Å². The quantitative estimate of drug-likeness (QED) is 0.506. The van der Waals surface area contributed by atoms with Gasteiger partial charge < -0.3 is 10.3 Å². The standard InChI is InChI=1S/C18H15N5O5/c1-11-5-6-13(23(27)28)8-15(11)21-16(24)14-9-20-18(26)22(17(14)25)10-12-4-2-3-7-19-12/h2-9H,10H2,1H3,(H,20,26)(H,21,24). The predicted octanol–water partition coefficient (Wildman–Crippen LogP) is 1.45. The van der Waals surface area contributed by atoms with Gasteiger partial charge in [0.25, 0.3) is 17.2 Å². The van der Waals surface area contributed by atoms with E-state index in [0.29, 0.717) is 11.3 Å². The number of pyridine rings is 1. The van der Waals surface area contributed by atoms with Crippen LogP contribution in [0.1, 0.15) is 21.6 Å². The van der Waals surface area contributed by atoms with Crippen LogP contribution in [0.3, 0.4) is 0 Å². The van der Waals surface area contributed by atoms with E-state index >= 15 is 0 Å². The molecule has 3 rings (SSSR count). The number of rotatable bonds is 5. The minimum absolute atomic E-state index is 0.105. The fourth-order valence-electron chi connectivity index (χ4n) is 2.52. The number of benzene rings is 1. The number of aromatic nitrogens is 3. The van der Waals surface area contributed by atoms with Crippen LogP contribution in [0.4, 0.5) is 11.4 Å². The zero-order chi connectivity index (χ0) is 20.3. The Labute approximate surface area is 157 Å². The molecule has 1 amide bonds. The summed E-state index contributed by atoms with van der Waals surface area (Å²) in [4.78, 5) is 54.0. The number of aryl methyl sites for hydroxylation is 1. The molecule has 28 heavy (non-hydrogen) atoms. The number of carbonyl (C=O) groups excluding carboxylic acids is 1. The molecule has 0 saturated heterocycles. The molecule has 10 heteroatoms. The van der Waals surface area contributed by atoms with Gasteiger partial charge in [0.2, 0.25) is 0 Å². The first-order valence-electron chi connectivity index (χ1n) is 8.15. The molecular formula is C18H15N5O5. The number of H-pyrrole nitrogens is 1. The Morgan fingerprint density at radius 3 is 2.75 bits per heavy atom. The van der Waals surface area contributed by atoms with Crippen molar-refractivity contribution in [2.75, 3.05) is 5.32 Å². The smallest absolute Gasteiger partial charge is 0.321 e. The summed E-state index contributed by atoms with van der Waals surface area (Å²) in [6.07, 6.45) is 2.54. The molecule has 10 nitrogen and oxygen atoms in total. The van der Waals surface area contributed by atoms with Crippen LogP contribution in [0.2, 0.25) is 0 Å². The van der Waals surface area contributed by atoms with Gasteiger partial charge >= 0.3 is 5.69 Å². The molecule has 0 radical (unpaired) electrons. The second kappa shape index (κ2) is 7.66. The highest BCUT2D eigenvalue weighted by atomic mass is 16.6. The average Bonchev–Trinajstić information content (AvgIpc) is 2.67. The molecule has 0 saturated carbocycles. The molecule has 0 spiro atoms. The molecule has 142 valence electrons. The van der Waals surface area contributed by atoms with Crippen LogP contribution in [0.25, 0.3) is 0 Å². The molecule has 3 aromatic rings. The van der Waals surface area contributed by atoms with Crippen LogP contribution in [-0.4, -0.2) is 25.4 Å². The Kier molecular flexibility index (Phi) is 5.12. The predicted molar refractivity (Wildman–Crippen MR) is 100 cm³/mol. The van der Waals surface area contributed by atoms with Crippen LogP contribution in [-0.2, 0) is 6.54 Å². The van der Waals surface area contributed by atoms with Crippen molar-refractivity contribution in [3.8, 4) is 0 Å². The van der Waals surface area contributed by atoms with Crippen molar-refractivity contribution in [3.63, 3.8) is 0 Å². The molecule has 2 N–H and O–H groups in total. The highest BCUT2D eigenvalue weighted by Gasteiger charge is 2.17. The van der Waals surface area contributed by atoms with Gasteiger partial charge in [-0.2, -0.15) is 0 Å². The van der Waals surface area contributed by atoms with Crippen molar-refractivity contribution >= 4 is 17.3 Å². The Morgan fingerprint density at radius 2 is 2.07 bits per heavy atom. The summed E-state index contributed by atoms with van der Waals surface area (Å²) in [5.41, 5.74) is -0.731. The maximum atomic E-state index is 12.6. The lowest BCUT2D eigenvalue weighted by Crippen LogP contribution is -2.39. The number of nitro groups is 1. The second-order valence-electron chi connectivity index (χ2n) is 5.93. The molecular weight excluding hydrogens is 366 g/mol. The van der Waals surface area contributed by atoms with Gasteiger partial charge in [-0.3, -0.25) is 29.3 Å². The van der Waals surface area contributed by atoms with Gasteiger partial charge in [0, 0.05) is 24.5 Å². The lowest BCUT2D eigenvalue weighted by atomic mass is 10.1. The number of aromatic amines is 1. The lowest BCUT2D eigenvalue weighted by Gasteiger charge is -2.09. The third-order valence-corrected chi connectivity index (χ3v) is 4.03. The van der Waals surface area contributed by atoms with E-state index in [4.69, 9.17) is 0 Å². The molecule has 0 atom stereocenters. The molecule has 0 fully saturated rings. The van der Waals surface area contributed by atoms with Crippen molar-refractivity contribution in [2.24, 2.45) is 0 Å². The first-order chi connectivity index (χ1) is 13.4. The van der Waals surface area contributed by atoms with Crippen molar-refractivity contribution in [1.29, 1.82) is 0 Å². The van der Waals surface area contributed by atoms with Crippen molar-refractivity contribution < 1.29 is 9.72 Å². The van der Waals surface area contributed by atoms with Crippen molar-refractivity contribution in [1.82, 2.24) is 14.5 Å². The van der Waals surface area contributed by atoms with Gasteiger partial charge in [-0.25, -0.2) is 4.79 Å². The van der Waals surface area contributed by atoms with E-state index in [9.17, 15) is 24.5 Å². The topological polar surface area (TPSA) is 140 Å². The minimum Gasteiger partial charge on any atom is -0.321 e. The zero-order valence-corrected chi connectivity index (χ0v) is 14.7. The molecule has 0 aliphatic carbocycles. The third-order valence-electron chi connectivity index (χ3n) is 4.03. The first kappa shape index (κ1) is 18.7. The minimum atomic E-state index is -0.796. The molecule has 2 heterocycles. The van der Waals surface area contributed by atoms with E-state index in [1.807, 2.05) is 0 Å². The summed E-state index contributed by atoms with van der Waals surface area (Å²) in [7, 11) is 0. The number of nitrogens with one attached hydrogen (secondary N) is 2. The van der Waals surface area contributed by atoms with Gasteiger partial charge in [-0.15, -0.1) is 0 Å². The Balaban J connectivity index is 1.94. The monoisotopic (exact) mass is 381 g/mol. The zero-order valence-electron chi connectivity index (χ0n) is 14.7. The van der Waals surface area contributed by atoms with Crippen LogP contribution in [0.15, 0.2) is 58.4 Å². The molecule has 2 aromatic heterocycles. The number of carbonyl (C=O) groups is 1. The van der Waals surface area contributed by atoms with Crippen molar-refractivity contribution in [3.05, 3.63) is 96.6 Å². The highest BCUT2D eigenvalue weighted by Crippen LogP contribution is 2.22. The third kappa shape index (κ3) is 3.85. The average molecular weight is 381 g/mol. The van der Waals surface area contributed by atoms with Crippen LogP contribution < -0.4 is 16.6 Å². The maximum Gasteiger partial charge on any atom is 0.328 e. The van der Waals surface area contributed by atoms with E-state index in [2.05, 4.69) is 15.3 Å². The van der Waals surface area contributed by atoms with Gasteiger partial charge in [0.1, 0.15) is 5.56 Å². The van der Waals surface area contributed by atoms with Crippen LogP contribution >= 0.6 is 0 Å². The molecule has 0 aliphatic heterocycles. The highest BCUT2D eigenvalue weighted by molar-refractivity contribution is 6.04. The largest absolute Gasteiger partial charge is 0.328 e. The van der Waals surface area contributed by atoms with Gasteiger partial charge in [0.05, 0.1) is 22.8 Å². The maximum absolute atomic E-state index is 12.6. The lowest BCUT2D eigenvalue weighted by molar-refractivity contribution is -0.384. The van der Waals surface area contributed by atoms with E-state index in [-0.39, 0.29) is 23.5 Å². The number of amides is 1. The summed E-state index contributed by atoms with van der Waals surface area (Å²) >= 11 is 0. The van der Waals surface area contributed by atoms with E-state index in [1.54, 1.807) is 25.1 Å². The Bertz CT molecular complexity index is 1170. The summed E-state index contributed by atoms with van der Waals surface area (Å²) in [5, 5.41) is 13.4. The van der Waals surface area contributed by atoms with E-state index < -0.39 is 22.1 Å². The molecule has 0 unspecified atom stereocenters. The SMILES string of the molecule is Cc1ccc([N+](=O)[O-])cc1NC(=O)c1c[nH]c(=O)n(Cc2ccccn2)c1=O. The summed E-state index contributed by atoms with van der Waals surface area (Å²) < 4.78 is 0.859. The number of hydrogen-bond acceptors (Lipinski definition) is 6. The Hall–Kier alpha value is -4.08. The number of nitrogens with zero attached hydrogens (tertiary/aromatic N) is 3. The summed E-state index contributed by atoms with van der Waals surface area (Å²) in [6, 6.07) is 9.05. The van der Waals surface area contributed by atoms with Gasteiger partial charge in [-0.05, 0) is 24.6 Å². The van der Waals surface area contributed by atoms with E-state index in [1.165, 1.54) is 24.4 Å². The fraction of sp³-hybridized carbons (Fsp3) is 0.111. The van der Waals surface area contributed by atoms with Gasteiger partial charge in [0.15, 0.2) is 0 Å². The van der Waals surface area contributed by atoms with Gasteiger partial charge in [-0.1, -0.05) is 12.1 Å². The van der Waals surface area contributed by atoms with Crippen LogP contribution in [0.5, 0.6) is 0 Å². The molecule has 1 aromatic carbocycles. The number of anilines is 1. The number of non-ortho nitro benzene ring substituents is 1.